The lowest BCUT2D eigenvalue weighted by molar-refractivity contribution is -0.131. The Morgan fingerprint density at radius 3 is 2.85 bits per heavy atom. The van der Waals surface area contributed by atoms with Crippen LogP contribution in [0.2, 0.25) is 0 Å². The molecule has 0 bridgehead atoms. The molecular formula is C7H10N4O2. The molecule has 0 aromatic heterocycles. The molecule has 6 nitrogen and oxygen atoms in total. The van der Waals surface area contributed by atoms with Crippen LogP contribution in [-0.2, 0) is 4.79 Å². The highest BCUT2D eigenvalue weighted by Crippen LogP contribution is 2.16. The van der Waals surface area contributed by atoms with Gasteiger partial charge in [0, 0.05) is 14.1 Å². The van der Waals surface area contributed by atoms with Crippen LogP contribution in [-0.4, -0.2) is 54.4 Å². The first kappa shape index (κ1) is 8.03. The monoisotopic (exact) mass is 182 g/mol. The van der Waals surface area contributed by atoms with Gasteiger partial charge in [-0.15, -0.1) is 0 Å². The average molecular weight is 182 g/mol. The molecular weight excluding hydrogens is 172 g/mol. The Bertz CT molecular complexity index is 301. The number of fused-ring (bicyclic) bond motifs is 1. The Hall–Kier alpha value is -1.59. The van der Waals surface area contributed by atoms with Gasteiger partial charge < -0.3 is 10.2 Å². The number of imide groups is 1. The smallest absolute Gasteiger partial charge is 0.325 e. The van der Waals surface area contributed by atoms with Gasteiger partial charge in [0.05, 0.1) is 6.34 Å². The summed E-state index contributed by atoms with van der Waals surface area (Å²) in [6.07, 6.45) is 1.25. The third-order valence-electron chi connectivity index (χ3n) is 2.31. The molecule has 0 aliphatic carbocycles. The van der Waals surface area contributed by atoms with Gasteiger partial charge in [-0.25, -0.2) is 4.79 Å². The third-order valence-corrected chi connectivity index (χ3v) is 2.31. The number of carbonyl (C=O) groups is 2. The zero-order valence-corrected chi connectivity index (χ0v) is 7.39. The van der Waals surface area contributed by atoms with Crippen LogP contribution in [0.4, 0.5) is 4.79 Å². The van der Waals surface area contributed by atoms with E-state index in [1.54, 1.807) is 18.3 Å². The van der Waals surface area contributed by atoms with Gasteiger partial charge in [-0.3, -0.25) is 14.7 Å². The molecule has 2 heterocycles. The summed E-state index contributed by atoms with van der Waals surface area (Å²) < 4.78 is 0. The quantitative estimate of drug-likeness (QED) is 0.513. The second-order valence-corrected chi connectivity index (χ2v) is 3.17. The lowest BCUT2D eigenvalue weighted by Gasteiger charge is -2.33. The summed E-state index contributed by atoms with van der Waals surface area (Å²) in [4.78, 5) is 29.5. The molecule has 2 rings (SSSR count). The Kier molecular flexibility index (Phi) is 1.51. The van der Waals surface area contributed by atoms with E-state index in [0.717, 1.165) is 4.90 Å². The van der Waals surface area contributed by atoms with Gasteiger partial charge in [-0.1, -0.05) is 0 Å². The summed E-state index contributed by atoms with van der Waals surface area (Å²) in [6, 6.07) is -0.851. The maximum atomic E-state index is 11.5. The zero-order valence-electron chi connectivity index (χ0n) is 7.39. The summed E-state index contributed by atoms with van der Waals surface area (Å²) in [5.74, 6) is -0.255. The van der Waals surface area contributed by atoms with Gasteiger partial charge >= 0.3 is 6.03 Å². The number of rotatable bonds is 0. The topological polar surface area (TPSA) is 65.0 Å². The average Bonchev–Trinajstić information content (AvgIpc) is 2.45. The molecule has 3 amide bonds. The molecule has 0 radical (unpaired) electrons. The second kappa shape index (κ2) is 2.45. The molecule has 6 heteroatoms. The first-order chi connectivity index (χ1) is 6.11. The summed E-state index contributed by atoms with van der Waals surface area (Å²) in [7, 11) is 3.22. The van der Waals surface area contributed by atoms with E-state index in [0.29, 0.717) is 0 Å². The van der Waals surface area contributed by atoms with Gasteiger partial charge in [0.1, 0.15) is 6.17 Å². The van der Waals surface area contributed by atoms with Gasteiger partial charge in [0.15, 0.2) is 6.04 Å². The molecule has 0 aromatic carbocycles. The van der Waals surface area contributed by atoms with Crippen molar-refractivity contribution in [3.63, 3.8) is 0 Å². The largest absolute Gasteiger partial charge is 0.343 e. The van der Waals surface area contributed by atoms with Crippen LogP contribution in [0.3, 0.4) is 0 Å². The molecule has 2 aliphatic rings. The van der Waals surface area contributed by atoms with Crippen LogP contribution in [0, 0.1) is 0 Å². The maximum Gasteiger partial charge on any atom is 0.325 e. The summed E-state index contributed by atoms with van der Waals surface area (Å²) >= 11 is 0. The number of nitrogens with zero attached hydrogens (tertiary/aromatic N) is 3. The minimum atomic E-state index is -0.479. The van der Waals surface area contributed by atoms with Crippen molar-refractivity contribution >= 4 is 18.3 Å². The van der Waals surface area contributed by atoms with Crippen LogP contribution < -0.4 is 5.32 Å². The third kappa shape index (κ3) is 0.980. The van der Waals surface area contributed by atoms with E-state index >= 15 is 0 Å². The van der Waals surface area contributed by atoms with Gasteiger partial charge in [0.2, 0.25) is 0 Å². The molecule has 0 saturated carbocycles. The minimum Gasteiger partial charge on any atom is -0.343 e. The molecule has 1 fully saturated rings. The Balaban J connectivity index is 2.27. The van der Waals surface area contributed by atoms with Crippen molar-refractivity contribution in [2.45, 2.75) is 12.2 Å². The van der Waals surface area contributed by atoms with Crippen LogP contribution in [0.1, 0.15) is 0 Å². The SMILES string of the molecule is CN1C(=O)NC2C(N=CN2C)C1=O. The fourth-order valence-corrected chi connectivity index (χ4v) is 1.45. The van der Waals surface area contributed by atoms with E-state index in [9.17, 15) is 9.59 Å². The van der Waals surface area contributed by atoms with Crippen LogP contribution in [0.25, 0.3) is 0 Å². The number of likely N-dealkylation sites (N-methyl/N-ethyl adjacent to an activating group) is 2. The maximum absolute atomic E-state index is 11.5. The first-order valence-corrected chi connectivity index (χ1v) is 3.94. The van der Waals surface area contributed by atoms with Crippen molar-refractivity contribution in [1.29, 1.82) is 0 Å². The van der Waals surface area contributed by atoms with Crippen LogP contribution in [0.5, 0.6) is 0 Å². The summed E-state index contributed by atoms with van der Waals surface area (Å²) in [5, 5.41) is 2.68. The highest BCUT2D eigenvalue weighted by molar-refractivity contribution is 6.01. The molecule has 70 valence electrons. The fourth-order valence-electron chi connectivity index (χ4n) is 1.45. The molecule has 2 aliphatic heterocycles. The minimum absolute atomic E-state index is 0.255. The molecule has 0 spiro atoms. The number of hydrogen-bond acceptors (Lipinski definition) is 4. The van der Waals surface area contributed by atoms with E-state index in [1.807, 2.05) is 0 Å². The van der Waals surface area contributed by atoms with Gasteiger partial charge in [-0.2, -0.15) is 0 Å². The number of carbonyl (C=O) groups excluding carboxylic acids is 2. The fraction of sp³-hybridized carbons (Fsp3) is 0.571. The van der Waals surface area contributed by atoms with Crippen molar-refractivity contribution in [1.82, 2.24) is 15.1 Å². The molecule has 1 N–H and O–H groups in total. The van der Waals surface area contributed by atoms with Crippen molar-refractivity contribution in [2.75, 3.05) is 14.1 Å². The predicted molar refractivity (Wildman–Crippen MR) is 45.1 cm³/mol. The van der Waals surface area contributed by atoms with Gasteiger partial charge in [-0.05, 0) is 0 Å². The standard InChI is InChI=1S/C7H10N4O2/c1-10-3-8-4-5(10)9-7(13)11(2)6(4)12/h3-5H,1-2H3,(H,9,13). The molecule has 1 saturated heterocycles. The number of urea groups is 1. The molecule has 13 heavy (non-hydrogen) atoms. The van der Waals surface area contributed by atoms with E-state index in [4.69, 9.17) is 0 Å². The summed E-state index contributed by atoms with van der Waals surface area (Å²) in [6.45, 7) is 0. The first-order valence-electron chi connectivity index (χ1n) is 3.94. The number of hydrogen-bond donors (Lipinski definition) is 1. The van der Waals surface area contributed by atoms with Crippen molar-refractivity contribution in [3.8, 4) is 0 Å². The number of amides is 3. The highest BCUT2D eigenvalue weighted by Gasteiger charge is 2.43. The van der Waals surface area contributed by atoms with Gasteiger partial charge in [0.25, 0.3) is 5.91 Å². The predicted octanol–water partition coefficient (Wildman–Crippen LogP) is -1.16. The van der Waals surface area contributed by atoms with Crippen molar-refractivity contribution in [2.24, 2.45) is 4.99 Å². The number of aliphatic imine (C=N–C) groups is 1. The normalized spacial score (nSPS) is 32.2. The van der Waals surface area contributed by atoms with Crippen LogP contribution in [0.15, 0.2) is 4.99 Å². The van der Waals surface area contributed by atoms with E-state index in [-0.39, 0.29) is 18.1 Å². The summed E-state index contributed by atoms with van der Waals surface area (Å²) in [5.41, 5.74) is 0. The Labute approximate surface area is 75.2 Å². The van der Waals surface area contributed by atoms with Crippen molar-refractivity contribution < 1.29 is 9.59 Å². The second-order valence-electron chi connectivity index (χ2n) is 3.17. The lowest BCUT2D eigenvalue weighted by atomic mass is 10.2. The highest BCUT2D eigenvalue weighted by atomic mass is 16.2. The zero-order chi connectivity index (χ0) is 9.59. The van der Waals surface area contributed by atoms with E-state index < -0.39 is 6.04 Å². The molecule has 2 atom stereocenters. The Morgan fingerprint density at radius 2 is 2.15 bits per heavy atom. The Morgan fingerprint density at radius 1 is 1.46 bits per heavy atom. The molecule has 2 unspecified atom stereocenters. The van der Waals surface area contributed by atoms with Crippen LogP contribution >= 0.6 is 0 Å². The number of nitrogens with one attached hydrogen (secondary N) is 1. The van der Waals surface area contributed by atoms with E-state index in [1.165, 1.54) is 7.05 Å². The van der Waals surface area contributed by atoms with Crippen molar-refractivity contribution in [3.05, 3.63) is 0 Å². The van der Waals surface area contributed by atoms with E-state index in [2.05, 4.69) is 10.3 Å². The molecule has 0 aromatic rings. The lowest BCUT2D eigenvalue weighted by Crippen LogP contribution is -2.63.